The molecule has 0 bridgehead atoms. The lowest BCUT2D eigenvalue weighted by molar-refractivity contribution is -0.0900. The van der Waals surface area contributed by atoms with E-state index in [1.54, 1.807) is 13.1 Å². The molecular formula is C17H17NO2. The summed E-state index contributed by atoms with van der Waals surface area (Å²) in [4.78, 5) is 13.8. The summed E-state index contributed by atoms with van der Waals surface area (Å²) in [6.07, 6.45) is 0. The molecular weight excluding hydrogens is 250 g/mol. The molecule has 20 heavy (non-hydrogen) atoms. The molecule has 1 aliphatic heterocycles. The molecule has 0 saturated heterocycles. The fourth-order valence-electron chi connectivity index (χ4n) is 3.00. The SMILES string of the molecule is CC(c1ccccc1)C1(O)c2ccccc2C(=O)N1C. The van der Waals surface area contributed by atoms with E-state index in [-0.39, 0.29) is 11.8 Å². The van der Waals surface area contributed by atoms with E-state index in [0.717, 1.165) is 5.56 Å². The van der Waals surface area contributed by atoms with Crippen molar-refractivity contribution < 1.29 is 9.90 Å². The first-order valence-electron chi connectivity index (χ1n) is 6.71. The van der Waals surface area contributed by atoms with Crippen LogP contribution in [-0.4, -0.2) is 23.0 Å². The maximum atomic E-state index is 12.3. The third kappa shape index (κ3) is 1.60. The maximum absolute atomic E-state index is 12.3. The summed E-state index contributed by atoms with van der Waals surface area (Å²) >= 11 is 0. The van der Waals surface area contributed by atoms with Gasteiger partial charge in [-0.25, -0.2) is 0 Å². The normalized spacial score (nSPS) is 22.8. The average Bonchev–Trinajstić information content (AvgIpc) is 2.71. The van der Waals surface area contributed by atoms with Gasteiger partial charge in [-0.1, -0.05) is 55.5 Å². The van der Waals surface area contributed by atoms with Gasteiger partial charge >= 0.3 is 0 Å². The number of fused-ring (bicyclic) bond motifs is 1. The van der Waals surface area contributed by atoms with Crippen LogP contribution in [0, 0.1) is 0 Å². The average molecular weight is 267 g/mol. The van der Waals surface area contributed by atoms with Gasteiger partial charge in [0.15, 0.2) is 5.72 Å². The minimum Gasteiger partial charge on any atom is -0.366 e. The van der Waals surface area contributed by atoms with Crippen molar-refractivity contribution >= 4 is 5.91 Å². The second kappa shape index (κ2) is 4.46. The molecule has 0 aliphatic carbocycles. The molecule has 0 spiro atoms. The van der Waals surface area contributed by atoms with Gasteiger partial charge in [0.1, 0.15) is 0 Å². The summed E-state index contributed by atoms with van der Waals surface area (Å²) in [5.41, 5.74) is 0.977. The smallest absolute Gasteiger partial charge is 0.256 e. The second-order valence-corrected chi connectivity index (χ2v) is 5.27. The quantitative estimate of drug-likeness (QED) is 0.909. The number of hydrogen-bond acceptors (Lipinski definition) is 2. The van der Waals surface area contributed by atoms with Crippen LogP contribution >= 0.6 is 0 Å². The van der Waals surface area contributed by atoms with Crippen molar-refractivity contribution in [3.8, 4) is 0 Å². The Kier molecular flexibility index (Phi) is 2.87. The number of carbonyl (C=O) groups excluding carboxylic acids is 1. The monoisotopic (exact) mass is 267 g/mol. The van der Waals surface area contributed by atoms with Crippen molar-refractivity contribution in [1.82, 2.24) is 4.90 Å². The zero-order valence-corrected chi connectivity index (χ0v) is 11.6. The Morgan fingerprint density at radius 2 is 1.65 bits per heavy atom. The molecule has 3 rings (SSSR count). The van der Waals surface area contributed by atoms with Gasteiger partial charge in [0.2, 0.25) is 0 Å². The van der Waals surface area contributed by atoms with Gasteiger partial charge in [-0.05, 0) is 11.6 Å². The molecule has 2 atom stereocenters. The van der Waals surface area contributed by atoms with Crippen LogP contribution in [0.2, 0.25) is 0 Å². The molecule has 1 N–H and O–H groups in total. The topological polar surface area (TPSA) is 40.5 Å². The van der Waals surface area contributed by atoms with Crippen LogP contribution in [0.15, 0.2) is 54.6 Å². The van der Waals surface area contributed by atoms with Gasteiger partial charge in [-0.2, -0.15) is 0 Å². The third-order valence-corrected chi connectivity index (χ3v) is 4.27. The molecule has 0 fully saturated rings. The predicted octanol–water partition coefficient (Wildman–Crippen LogP) is 2.72. The Labute approximate surface area is 118 Å². The minimum atomic E-state index is -1.30. The Morgan fingerprint density at radius 1 is 1.05 bits per heavy atom. The zero-order valence-electron chi connectivity index (χ0n) is 11.6. The van der Waals surface area contributed by atoms with Crippen LogP contribution in [0.3, 0.4) is 0 Å². The Bertz CT molecular complexity index is 653. The largest absolute Gasteiger partial charge is 0.366 e. The van der Waals surface area contributed by atoms with Crippen molar-refractivity contribution in [1.29, 1.82) is 0 Å². The molecule has 3 nitrogen and oxygen atoms in total. The lowest BCUT2D eigenvalue weighted by Gasteiger charge is -2.37. The highest BCUT2D eigenvalue weighted by Crippen LogP contribution is 2.45. The summed E-state index contributed by atoms with van der Waals surface area (Å²) in [5.74, 6) is -0.341. The summed E-state index contributed by atoms with van der Waals surface area (Å²) < 4.78 is 0. The van der Waals surface area contributed by atoms with Crippen LogP contribution < -0.4 is 0 Å². The fraction of sp³-hybridized carbons (Fsp3) is 0.235. The molecule has 0 saturated carbocycles. The first-order chi connectivity index (χ1) is 9.56. The van der Waals surface area contributed by atoms with Crippen molar-refractivity contribution in [2.24, 2.45) is 0 Å². The molecule has 2 aromatic rings. The van der Waals surface area contributed by atoms with E-state index < -0.39 is 5.72 Å². The van der Waals surface area contributed by atoms with E-state index in [0.29, 0.717) is 11.1 Å². The standard InChI is InChI=1S/C17H17NO2/c1-12(13-8-4-3-5-9-13)17(20)15-11-7-6-10-14(15)16(19)18(17)2/h3-12,20H,1-2H3. The fourth-order valence-corrected chi connectivity index (χ4v) is 3.00. The van der Waals surface area contributed by atoms with Gasteiger partial charge < -0.3 is 10.0 Å². The Morgan fingerprint density at radius 3 is 2.35 bits per heavy atom. The van der Waals surface area contributed by atoms with Crippen LogP contribution in [-0.2, 0) is 5.72 Å². The van der Waals surface area contributed by atoms with Crippen molar-refractivity contribution in [3.63, 3.8) is 0 Å². The number of likely N-dealkylation sites (N-methyl/N-ethyl adjacent to an activating group) is 1. The lowest BCUT2D eigenvalue weighted by Crippen LogP contribution is -2.45. The van der Waals surface area contributed by atoms with Crippen LogP contribution in [0.5, 0.6) is 0 Å². The predicted molar refractivity (Wildman–Crippen MR) is 77.3 cm³/mol. The van der Waals surface area contributed by atoms with E-state index in [2.05, 4.69) is 0 Å². The zero-order chi connectivity index (χ0) is 14.3. The van der Waals surface area contributed by atoms with Crippen LogP contribution in [0.25, 0.3) is 0 Å². The number of rotatable bonds is 2. The highest BCUT2D eigenvalue weighted by atomic mass is 16.3. The van der Waals surface area contributed by atoms with Gasteiger partial charge in [-0.3, -0.25) is 4.79 Å². The number of hydrogen-bond donors (Lipinski definition) is 1. The highest BCUT2D eigenvalue weighted by Gasteiger charge is 2.50. The maximum Gasteiger partial charge on any atom is 0.256 e. The number of carbonyl (C=O) groups is 1. The molecule has 3 heteroatoms. The second-order valence-electron chi connectivity index (χ2n) is 5.27. The van der Waals surface area contributed by atoms with Crippen molar-refractivity contribution in [2.75, 3.05) is 7.05 Å². The molecule has 0 radical (unpaired) electrons. The molecule has 1 heterocycles. The Balaban J connectivity index is 2.14. The molecule has 2 aromatic carbocycles. The van der Waals surface area contributed by atoms with E-state index in [1.807, 2.05) is 55.5 Å². The van der Waals surface area contributed by atoms with Crippen molar-refractivity contribution in [3.05, 3.63) is 71.3 Å². The first kappa shape index (κ1) is 12.9. The number of benzene rings is 2. The molecule has 1 amide bonds. The minimum absolute atomic E-state index is 0.133. The van der Waals surface area contributed by atoms with E-state index >= 15 is 0 Å². The van der Waals surface area contributed by atoms with E-state index in [9.17, 15) is 9.90 Å². The van der Waals surface area contributed by atoms with Crippen LogP contribution in [0.1, 0.15) is 34.3 Å². The summed E-state index contributed by atoms with van der Waals surface area (Å²) in [7, 11) is 1.65. The lowest BCUT2D eigenvalue weighted by atomic mass is 9.85. The third-order valence-electron chi connectivity index (χ3n) is 4.27. The van der Waals surface area contributed by atoms with Gasteiger partial charge in [0, 0.05) is 24.1 Å². The molecule has 1 aliphatic rings. The summed E-state index contributed by atoms with van der Waals surface area (Å²) in [6, 6.07) is 17.1. The van der Waals surface area contributed by atoms with Crippen LogP contribution in [0.4, 0.5) is 0 Å². The van der Waals surface area contributed by atoms with E-state index in [1.165, 1.54) is 4.90 Å². The highest BCUT2D eigenvalue weighted by molar-refractivity contribution is 5.99. The summed E-state index contributed by atoms with van der Waals surface area (Å²) in [5, 5.41) is 11.2. The molecule has 102 valence electrons. The van der Waals surface area contributed by atoms with Gasteiger partial charge in [-0.15, -0.1) is 0 Å². The molecule has 2 unspecified atom stereocenters. The number of nitrogens with zero attached hydrogens (tertiary/aromatic N) is 1. The Hall–Kier alpha value is -2.13. The van der Waals surface area contributed by atoms with E-state index in [4.69, 9.17) is 0 Å². The van der Waals surface area contributed by atoms with Crippen molar-refractivity contribution in [2.45, 2.75) is 18.6 Å². The number of amides is 1. The summed E-state index contributed by atoms with van der Waals surface area (Å²) in [6.45, 7) is 1.95. The van der Waals surface area contributed by atoms with Gasteiger partial charge in [0.25, 0.3) is 5.91 Å². The number of aliphatic hydroxyl groups is 1. The first-order valence-corrected chi connectivity index (χ1v) is 6.71. The molecule has 0 aromatic heterocycles. The van der Waals surface area contributed by atoms with Gasteiger partial charge in [0.05, 0.1) is 0 Å².